The Morgan fingerprint density at radius 1 is 1.75 bits per heavy atom. The van der Waals surface area contributed by atoms with E-state index in [0.29, 0.717) is 5.57 Å². The molecule has 3 heteroatoms. The highest BCUT2D eigenvalue weighted by Crippen LogP contribution is 1.96. The summed E-state index contributed by atoms with van der Waals surface area (Å²) in [5, 5.41) is 0. The highest BCUT2D eigenvalue weighted by atomic mass is 35.5. The molecule has 0 amide bonds. The molecule has 8 heavy (non-hydrogen) atoms. The van der Waals surface area contributed by atoms with E-state index in [4.69, 9.17) is 11.9 Å². The van der Waals surface area contributed by atoms with Crippen LogP contribution in [0.3, 0.4) is 0 Å². The van der Waals surface area contributed by atoms with Crippen molar-refractivity contribution < 1.29 is 9.08 Å². The Bertz CT molecular complexity index is 118. The van der Waals surface area contributed by atoms with Gasteiger partial charge in [-0.3, -0.25) is 0 Å². The van der Waals surface area contributed by atoms with Crippen LogP contribution in [0.1, 0.15) is 13.8 Å². The zero-order valence-electron chi connectivity index (χ0n) is 4.77. The van der Waals surface area contributed by atoms with Crippen LogP contribution in [-0.4, -0.2) is 5.97 Å². The summed E-state index contributed by atoms with van der Waals surface area (Å²) in [6.07, 6.45) is 1.63. The molecule has 0 aromatic heterocycles. The maximum absolute atomic E-state index is 10.3. The summed E-state index contributed by atoms with van der Waals surface area (Å²) in [6, 6.07) is 0. The molecule has 0 saturated heterocycles. The fourth-order valence-electron chi connectivity index (χ4n) is 0.179. The van der Waals surface area contributed by atoms with E-state index in [9.17, 15) is 4.79 Å². The van der Waals surface area contributed by atoms with E-state index in [1.54, 1.807) is 19.9 Å². The van der Waals surface area contributed by atoms with Crippen molar-refractivity contribution in [2.45, 2.75) is 13.8 Å². The van der Waals surface area contributed by atoms with Crippen LogP contribution in [-0.2, 0) is 9.08 Å². The summed E-state index contributed by atoms with van der Waals surface area (Å²) >= 11 is 4.74. The number of hydrogen-bond donors (Lipinski definition) is 0. The molecule has 0 radical (unpaired) electrons. The third-order valence-electron chi connectivity index (χ3n) is 0.825. The lowest BCUT2D eigenvalue weighted by atomic mass is 10.3. The van der Waals surface area contributed by atoms with Crippen molar-refractivity contribution in [2.75, 3.05) is 0 Å². The topological polar surface area (TPSA) is 26.3 Å². The number of hydrogen-bond acceptors (Lipinski definition) is 2. The molecule has 0 saturated carbocycles. The second-order valence-corrected chi connectivity index (χ2v) is 1.49. The lowest BCUT2D eigenvalue weighted by Gasteiger charge is -1.89. The first-order valence-corrected chi connectivity index (χ1v) is 2.49. The van der Waals surface area contributed by atoms with Crippen LogP contribution in [0.15, 0.2) is 11.6 Å². The molecule has 0 spiro atoms. The summed E-state index contributed by atoms with van der Waals surface area (Å²) in [4.78, 5) is 10.3. The van der Waals surface area contributed by atoms with Gasteiger partial charge in [-0.1, -0.05) is 6.08 Å². The van der Waals surface area contributed by atoms with Gasteiger partial charge in [0.05, 0.1) is 0 Å². The van der Waals surface area contributed by atoms with Crippen LogP contribution in [0.25, 0.3) is 0 Å². The first-order valence-electron chi connectivity index (χ1n) is 2.18. The number of allylic oxidation sites excluding steroid dienone is 1. The first-order chi connectivity index (χ1) is 3.72. The Hall–Kier alpha value is -0.500. The van der Waals surface area contributed by atoms with Crippen molar-refractivity contribution in [1.29, 1.82) is 0 Å². The van der Waals surface area contributed by atoms with E-state index < -0.39 is 5.97 Å². The van der Waals surface area contributed by atoms with Gasteiger partial charge >= 0.3 is 5.97 Å². The van der Waals surface area contributed by atoms with Gasteiger partial charge in [0, 0.05) is 5.57 Å². The molecular weight excluding hydrogens is 128 g/mol. The Morgan fingerprint density at radius 3 is 2.38 bits per heavy atom. The van der Waals surface area contributed by atoms with Gasteiger partial charge in [0.25, 0.3) is 0 Å². The van der Waals surface area contributed by atoms with Gasteiger partial charge in [-0.15, -0.1) is 0 Å². The van der Waals surface area contributed by atoms with Crippen LogP contribution in [0.2, 0.25) is 0 Å². The standard InChI is InChI=1S/C5H7ClO2/c1-3-4(2)5(7)8-6/h3H,1-2H3/b4-3-. The Labute approximate surface area is 53.3 Å². The number of halogens is 1. The third kappa shape index (κ3) is 1.98. The molecule has 0 bridgehead atoms. The third-order valence-corrected chi connectivity index (χ3v) is 0.965. The van der Waals surface area contributed by atoms with Crippen LogP contribution < -0.4 is 0 Å². The van der Waals surface area contributed by atoms with Crippen molar-refractivity contribution in [3.05, 3.63) is 11.6 Å². The molecule has 0 aliphatic rings. The predicted octanol–water partition coefficient (Wildman–Crippen LogP) is 1.65. The molecular formula is C5H7ClO2. The largest absolute Gasteiger partial charge is 0.351 e. The van der Waals surface area contributed by atoms with Gasteiger partial charge in [-0.05, 0) is 13.8 Å². The minimum Gasteiger partial charge on any atom is -0.343 e. The monoisotopic (exact) mass is 134 g/mol. The summed E-state index contributed by atoms with van der Waals surface area (Å²) in [6.45, 7) is 3.37. The Morgan fingerprint density at radius 2 is 2.25 bits per heavy atom. The summed E-state index contributed by atoms with van der Waals surface area (Å²) < 4.78 is 3.87. The molecule has 0 fully saturated rings. The minimum absolute atomic E-state index is 0.492. The number of carbonyl (C=O) groups is 1. The van der Waals surface area contributed by atoms with Gasteiger partial charge in [0.2, 0.25) is 0 Å². The van der Waals surface area contributed by atoms with Crippen molar-refractivity contribution in [1.82, 2.24) is 0 Å². The van der Waals surface area contributed by atoms with E-state index in [0.717, 1.165) is 0 Å². The van der Waals surface area contributed by atoms with Gasteiger partial charge < -0.3 is 4.29 Å². The number of rotatable bonds is 1. The van der Waals surface area contributed by atoms with Crippen LogP contribution in [0.5, 0.6) is 0 Å². The van der Waals surface area contributed by atoms with Crippen molar-refractivity contribution >= 4 is 17.8 Å². The van der Waals surface area contributed by atoms with Crippen molar-refractivity contribution in [3.8, 4) is 0 Å². The van der Waals surface area contributed by atoms with Crippen molar-refractivity contribution in [3.63, 3.8) is 0 Å². The van der Waals surface area contributed by atoms with Gasteiger partial charge in [-0.25, -0.2) is 4.79 Å². The lowest BCUT2D eigenvalue weighted by molar-refractivity contribution is -0.129. The Balaban J connectivity index is 3.83. The minimum atomic E-state index is -0.492. The fraction of sp³-hybridized carbons (Fsp3) is 0.400. The Kier molecular flexibility index (Phi) is 3.28. The molecule has 0 aromatic rings. The molecule has 0 unspecified atom stereocenters. The second kappa shape index (κ2) is 3.50. The van der Waals surface area contributed by atoms with Crippen LogP contribution >= 0.6 is 11.9 Å². The van der Waals surface area contributed by atoms with Crippen LogP contribution in [0.4, 0.5) is 0 Å². The molecule has 46 valence electrons. The highest BCUT2D eigenvalue weighted by Gasteiger charge is 2.00. The zero-order valence-corrected chi connectivity index (χ0v) is 5.53. The van der Waals surface area contributed by atoms with E-state index >= 15 is 0 Å². The molecule has 0 rings (SSSR count). The molecule has 0 aromatic carbocycles. The zero-order chi connectivity index (χ0) is 6.57. The maximum atomic E-state index is 10.3. The van der Waals surface area contributed by atoms with Gasteiger partial charge in [0.1, 0.15) is 11.9 Å². The van der Waals surface area contributed by atoms with E-state index in [2.05, 4.69) is 4.29 Å². The lowest BCUT2D eigenvalue weighted by Crippen LogP contribution is -1.96. The predicted molar refractivity (Wildman–Crippen MR) is 31.4 cm³/mol. The van der Waals surface area contributed by atoms with Gasteiger partial charge in [-0.2, -0.15) is 0 Å². The van der Waals surface area contributed by atoms with Crippen molar-refractivity contribution in [2.24, 2.45) is 0 Å². The molecule has 0 aliphatic carbocycles. The summed E-state index contributed by atoms with van der Waals surface area (Å²) in [7, 11) is 0. The van der Waals surface area contributed by atoms with E-state index in [1.165, 1.54) is 0 Å². The van der Waals surface area contributed by atoms with Crippen LogP contribution in [0, 0.1) is 0 Å². The smallest absolute Gasteiger partial charge is 0.343 e. The normalized spacial score (nSPS) is 11.1. The quantitative estimate of drug-likeness (QED) is 0.510. The van der Waals surface area contributed by atoms with E-state index in [1.807, 2.05) is 0 Å². The average Bonchev–Trinajstić information content (AvgIpc) is 1.84. The average molecular weight is 135 g/mol. The molecule has 0 N–H and O–H groups in total. The molecule has 0 aliphatic heterocycles. The molecule has 2 nitrogen and oxygen atoms in total. The molecule has 0 atom stereocenters. The second-order valence-electron chi connectivity index (χ2n) is 1.34. The SMILES string of the molecule is C/C=C(/C)C(=O)OCl. The molecule has 0 heterocycles. The van der Waals surface area contributed by atoms with Gasteiger partial charge in [0.15, 0.2) is 0 Å². The summed E-state index contributed by atoms with van der Waals surface area (Å²) in [5.41, 5.74) is 0.514. The fourth-order valence-corrected chi connectivity index (χ4v) is 0.300. The van der Waals surface area contributed by atoms with E-state index in [-0.39, 0.29) is 0 Å². The first kappa shape index (κ1) is 7.50. The number of carbonyl (C=O) groups excluding carboxylic acids is 1. The highest BCUT2D eigenvalue weighted by molar-refractivity contribution is 6.15. The summed E-state index contributed by atoms with van der Waals surface area (Å²) in [5.74, 6) is -0.492. The maximum Gasteiger partial charge on any atom is 0.351 e.